The lowest BCUT2D eigenvalue weighted by Crippen LogP contribution is -2.41. The van der Waals surface area contributed by atoms with Crippen LogP contribution in [0, 0.1) is 5.92 Å². The molecule has 1 fully saturated rings. The van der Waals surface area contributed by atoms with Crippen LogP contribution in [0.1, 0.15) is 33.8 Å². The Balaban J connectivity index is 1.47. The molecule has 1 atom stereocenters. The van der Waals surface area contributed by atoms with Crippen LogP contribution in [0.3, 0.4) is 0 Å². The van der Waals surface area contributed by atoms with Crippen molar-refractivity contribution in [3.8, 4) is 5.69 Å². The van der Waals surface area contributed by atoms with E-state index in [4.69, 9.17) is 5.11 Å². The molecule has 10 heteroatoms. The molecule has 1 amide bonds. The van der Waals surface area contributed by atoms with Crippen LogP contribution in [0.2, 0.25) is 0 Å². The third-order valence-electron chi connectivity index (χ3n) is 4.78. The number of nitrogens with zero attached hydrogens (tertiary/aromatic N) is 7. The maximum atomic E-state index is 13.1. The lowest BCUT2D eigenvalue weighted by atomic mass is 9.98. The Hall–Kier alpha value is -3.56. The van der Waals surface area contributed by atoms with E-state index in [9.17, 15) is 9.59 Å². The molecule has 2 aromatic heterocycles. The number of aromatic nitrogens is 6. The van der Waals surface area contributed by atoms with Crippen LogP contribution in [-0.2, 0) is 6.54 Å². The number of para-hydroxylation sites is 1. The summed E-state index contributed by atoms with van der Waals surface area (Å²) < 4.78 is 3.07. The zero-order valence-electron chi connectivity index (χ0n) is 15.0. The first-order chi connectivity index (χ1) is 13.6. The van der Waals surface area contributed by atoms with E-state index in [2.05, 4.69) is 20.6 Å². The van der Waals surface area contributed by atoms with E-state index in [1.54, 1.807) is 9.58 Å². The molecular formula is C18H19N7O3. The summed E-state index contributed by atoms with van der Waals surface area (Å²) in [5.41, 5.74) is 1.11. The van der Waals surface area contributed by atoms with Gasteiger partial charge < -0.3 is 10.0 Å². The van der Waals surface area contributed by atoms with Gasteiger partial charge in [0.05, 0.1) is 18.1 Å². The summed E-state index contributed by atoms with van der Waals surface area (Å²) in [6.07, 6.45) is 4.69. The van der Waals surface area contributed by atoms with Gasteiger partial charge in [0.1, 0.15) is 0 Å². The molecule has 1 saturated heterocycles. The van der Waals surface area contributed by atoms with Crippen molar-refractivity contribution >= 4 is 11.9 Å². The van der Waals surface area contributed by atoms with E-state index in [0.29, 0.717) is 25.3 Å². The molecule has 3 aromatic rings. The largest absolute Gasteiger partial charge is 0.476 e. The van der Waals surface area contributed by atoms with Crippen molar-refractivity contribution in [3.63, 3.8) is 0 Å². The number of aromatic carboxylic acids is 1. The third kappa shape index (κ3) is 3.61. The van der Waals surface area contributed by atoms with Crippen molar-refractivity contribution < 1.29 is 14.7 Å². The molecule has 0 saturated carbocycles. The van der Waals surface area contributed by atoms with Crippen LogP contribution >= 0.6 is 0 Å². The Morgan fingerprint density at radius 2 is 2.00 bits per heavy atom. The van der Waals surface area contributed by atoms with Gasteiger partial charge >= 0.3 is 5.97 Å². The Morgan fingerprint density at radius 3 is 2.75 bits per heavy atom. The Bertz CT molecular complexity index is 982. The molecule has 4 rings (SSSR count). The summed E-state index contributed by atoms with van der Waals surface area (Å²) in [5.74, 6) is -1.06. The predicted molar refractivity (Wildman–Crippen MR) is 97.0 cm³/mol. The molecule has 1 aromatic carbocycles. The van der Waals surface area contributed by atoms with Gasteiger partial charge in [-0.2, -0.15) is 0 Å². The fourth-order valence-corrected chi connectivity index (χ4v) is 3.45. The first-order valence-electron chi connectivity index (χ1n) is 9.00. The summed E-state index contributed by atoms with van der Waals surface area (Å²) in [6, 6.07) is 9.40. The zero-order chi connectivity index (χ0) is 19.5. The van der Waals surface area contributed by atoms with Crippen LogP contribution in [0.5, 0.6) is 0 Å². The average molecular weight is 381 g/mol. The Kier molecular flexibility index (Phi) is 4.83. The molecule has 0 bridgehead atoms. The number of carbonyl (C=O) groups excluding carboxylic acids is 1. The maximum absolute atomic E-state index is 13.1. The molecule has 1 aliphatic rings. The third-order valence-corrected chi connectivity index (χ3v) is 4.78. The predicted octanol–water partition coefficient (Wildman–Crippen LogP) is 1.11. The molecule has 10 nitrogen and oxygen atoms in total. The molecule has 1 N–H and O–H groups in total. The molecule has 0 spiro atoms. The summed E-state index contributed by atoms with van der Waals surface area (Å²) in [6.45, 7) is 1.73. The van der Waals surface area contributed by atoms with Gasteiger partial charge in [-0.15, -0.1) is 10.2 Å². The second-order valence-corrected chi connectivity index (χ2v) is 6.76. The lowest BCUT2D eigenvalue weighted by Gasteiger charge is -2.32. The molecule has 0 unspecified atom stereocenters. The molecule has 3 heterocycles. The number of carboxylic acids is 1. The van der Waals surface area contributed by atoms with E-state index < -0.39 is 5.97 Å². The van der Waals surface area contributed by atoms with Gasteiger partial charge in [-0.3, -0.25) is 9.48 Å². The quantitative estimate of drug-likeness (QED) is 0.703. The van der Waals surface area contributed by atoms with E-state index in [0.717, 1.165) is 18.5 Å². The van der Waals surface area contributed by atoms with Crippen LogP contribution in [-0.4, -0.2) is 65.0 Å². The monoisotopic (exact) mass is 381 g/mol. The molecule has 0 radical (unpaired) electrons. The van der Waals surface area contributed by atoms with Crippen molar-refractivity contribution in [1.29, 1.82) is 0 Å². The highest BCUT2D eigenvalue weighted by Gasteiger charge is 2.27. The Morgan fingerprint density at radius 1 is 1.18 bits per heavy atom. The summed E-state index contributed by atoms with van der Waals surface area (Å²) in [7, 11) is 0. The number of hydrogen-bond acceptors (Lipinski definition) is 6. The number of amides is 1. The Labute approximate surface area is 160 Å². The highest BCUT2D eigenvalue weighted by molar-refractivity contribution is 5.92. The number of likely N-dealkylation sites (tertiary alicyclic amines) is 1. The van der Waals surface area contributed by atoms with E-state index >= 15 is 0 Å². The minimum Gasteiger partial charge on any atom is -0.476 e. The van der Waals surface area contributed by atoms with Crippen molar-refractivity contribution in [1.82, 2.24) is 34.9 Å². The van der Waals surface area contributed by atoms with Gasteiger partial charge in [0.15, 0.2) is 11.4 Å². The fraction of sp³-hybridized carbons (Fsp3) is 0.333. The molecular weight excluding hydrogens is 362 g/mol. The fourth-order valence-electron chi connectivity index (χ4n) is 3.45. The average Bonchev–Trinajstić information content (AvgIpc) is 3.38. The number of rotatable bonds is 5. The minimum absolute atomic E-state index is 0.0819. The van der Waals surface area contributed by atoms with Gasteiger partial charge in [-0.1, -0.05) is 28.6 Å². The first-order valence-corrected chi connectivity index (χ1v) is 9.00. The van der Waals surface area contributed by atoms with Crippen molar-refractivity contribution in [2.45, 2.75) is 19.4 Å². The number of carbonyl (C=O) groups is 2. The van der Waals surface area contributed by atoms with Gasteiger partial charge in [0.2, 0.25) is 0 Å². The van der Waals surface area contributed by atoms with Crippen molar-refractivity contribution in [2.24, 2.45) is 5.92 Å². The second kappa shape index (κ2) is 7.59. The van der Waals surface area contributed by atoms with Crippen LogP contribution in [0.25, 0.3) is 5.69 Å². The smallest absolute Gasteiger partial charge is 0.358 e. The highest BCUT2D eigenvalue weighted by atomic mass is 16.4. The SMILES string of the molecule is O=C(O)c1cn(C[C@H]2CCCN(C(=O)c3cnnn3-c3ccccc3)C2)nn1. The van der Waals surface area contributed by atoms with Crippen molar-refractivity contribution in [2.75, 3.05) is 13.1 Å². The molecule has 1 aliphatic heterocycles. The van der Waals surface area contributed by atoms with Crippen LogP contribution < -0.4 is 0 Å². The maximum Gasteiger partial charge on any atom is 0.358 e. The van der Waals surface area contributed by atoms with Gasteiger partial charge in [-0.05, 0) is 30.9 Å². The van der Waals surface area contributed by atoms with Crippen molar-refractivity contribution in [3.05, 3.63) is 54.1 Å². The lowest BCUT2D eigenvalue weighted by molar-refractivity contribution is 0.0649. The summed E-state index contributed by atoms with van der Waals surface area (Å²) >= 11 is 0. The molecule has 144 valence electrons. The number of piperidine rings is 1. The van der Waals surface area contributed by atoms with Gasteiger partial charge in [0, 0.05) is 19.6 Å². The van der Waals surface area contributed by atoms with E-state index in [1.807, 2.05) is 30.3 Å². The van der Waals surface area contributed by atoms with Gasteiger partial charge in [0.25, 0.3) is 5.91 Å². The van der Waals surface area contributed by atoms with Gasteiger partial charge in [-0.25, -0.2) is 9.48 Å². The number of benzene rings is 1. The zero-order valence-corrected chi connectivity index (χ0v) is 15.0. The van der Waals surface area contributed by atoms with Crippen LogP contribution in [0.4, 0.5) is 0 Å². The topological polar surface area (TPSA) is 119 Å². The molecule has 0 aliphatic carbocycles. The standard InChI is InChI=1S/C18H19N7O3/c26-17(16-9-19-21-25(16)14-6-2-1-3-7-14)23-8-4-5-13(10-23)11-24-12-15(18(27)28)20-22-24/h1-3,6-7,9,12-13H,4-5,8,10-11H2,(H,27,28)/t13-/m0/s1. The highest BCUT2D eigenvalue weighted by Crippen LogP contribution is 2.21. The minimum atomic E-state index is -1.10. The number of hydrogen-bond donors (Lipinski definition) is 1. The van der Waals surface area contributed by atoms with Crippen LogP contribution in [0.15, 0.2) is 42.7 Å². The second-order valence-electron chi connectivity index (χ2n) is 6.76. The van der Waals surface area contributed by atoms with E-state index in [-0.39, 0.29) is 17.5 Å². The first kappa shape index (κ1) is 17.8. The number of carboxylic acid groups (broad SMARTS) is 1. The normalized spacial score (nSPS) is 16.9. The summed E-state index contributed by atoms with van der Waals surface area (Å²) in [5, 5.41) is 24.4. The molecule has 28 heavy (non-hydrogen) atoms. The van der Waals surface area contributed by atoms with E-state index in [1.165, 1.54) is 17.1 Å². The summed E-state index contributed by atoms with van der Waals surface area (Å²) in [4.78, 5) is 25.8.